The number of esters is 1. The van der Waals surface area contributed by atoms with Crippen molar-refractivity contribution in [3.63, 3.8) is 0 Å². The molecule has 1 aliphatic rings. The summed E-state index contributed by atoms with van der Waals surface area (Å²) in [5.74, 6) is -1.22. The quantitative estimate of drug-likeness (QED) is 0.0195. The zero-order chi connectivity index (χ0) is 56.8. The highest BCUT2D eigenvalue weighted by Crippen LogP contribution is 2.26. The van der Waals surface area contributed by atoms with E-state index in [1.807, 2.05) is 6.08 Å². The fourth-order valence-electron chi connectivity index (χ4n) is 9.43. The normalized spacial score (nSPS) is 19.5. The number of aliphatic hydroxyl groups is 5. The Morgan fingerprint density at radius 1 is 0.500 bits per heavy atom. The van der Waals surface area contributed by atoms with Gasteiger partial charge in [-0.1, -0.05) is 241 Å². The number of hydrogen-bond donors (Lipinski definition) is 6. The molecular weight excluding hydrogens is 979 g/mol. The summed E-state index contributed by atoms with van der Waals surface area (Å²) >= 11 is 0. The molecule has 78 heavy (non-hydrogen) atoms. The fraction of sp³-hybridized carbons (Fsp3) is 0.761. The summed E-state index contributed by atoms with van der Waals surface area (Å²) < 4.78 is 17.6. The summed E-state index contributed by atoms with van der Waals surface area (Å²) in [5, 5.41) is 57.0. The van der Waals surface area contributed by atoms with Crippen LogP contribution in [0.3, 0.4) is 0 Å². The lowest BCUT2D eigenvalue weighted by Crippen LogP contribution is -2.61. The molecule has 1 fully saturated rings. The van der Waals surface area contributed by atoms with Crippen LogP contribution in [0.15, 0.2) is 85.1 Å². The van der Waals surface area contributed by atoms with Gasteiger partial charge in [-0.05, 0) is 103 Å². The molecular formula is C67H117NO10. The largest absolute Gasteiger partial charge is 0.454 e. The Kier molecular flexibility index (Phi) is 50.8. The lowest BCUT2D eigenvalue weighted by molar-refractivity contribution is -0.305. The first-order valence-corrected chi connectivity index (χ1v) is 31.9. The zero-order valence-electron chi connectivity index (χ0n) is 49.8. The summed E-state index contributed by atoms with van der Waals surface area (Å²) in [6.45, 7) is 5.72. The number of unbranched alkanes of at least 4 members (excludes halogenated alkanes) is 27. The second-order valence-corrected chi connectivity index (χ2v) is 21.8. The van der Waals surface area contributed by atoms with Crippen LogP contribution in [0.4, 0.5) is 0 Å². The van der Waals surface area contributed by atoms with Gasteiger partial charge in [-0.3, -0.25) is 9.59 Å². The van der Waals surface area contributed by atoms with Gasteiger partial charge in [0.2, 0.25) is 5.91 Å². The van der Waals surface area contributed by atoms with Crippen LogP contribution >= 0.6 is 0 Å². The third-order valence-electron chi connectivity index (χ3n) is 14.5. The van der Waals surface area contributed by atoms with Gasteiger partial charge in [-0.15, -0.1) is 0 Å². The second-order valence-electron chi connectivity index (χ2n) is 21.8. The molecule has 8 unspecified atom stereocenters. The van der Waals surface area contributed by atoms with Crippen molar-refractivity contribution < 1.29 is 49.3 Å². The Morgan fingerprint density at radius 3 is 1.35 bits per heavy atom. The van der Waals surface area contributed by atoms with Crippen molar-refractivity contribution >= 4 is 11.9 Å². The molecule has 0 radical (unpaired) electrons. The van der Waals surface area contributed by atoms with Gasteiger partial charge in [0.1, 0.15) is 24.4 Å². The van der Waals surface area contributed by atoms with Crippen molar-refractivity contribution in [1.82, 2.24) is 5.32 Å². The lowest BCUT2D eigenvalue weighted by Gasteiger charge is -2.41. The van der Waals surface area contributed by atoms with Crippen LogP contribution in [-0.4, -0.2) is 99.6 Å². The van der Waals surface area contributed by atoms with Crippen LogP contribution in [0.5, 0.6) is 0 Å². The molecule has 8 atom stereocenters. The Morgan fingerprint density at radius 2 is 0.885 bits per heavy atom. The van der Waals surface area contributed by atoms with Crippen molar-refractivity contribution in [2.24, 2.45) is 0 Å². The van der Waals surface area contributed by atoms with Crippen LogP contribution in [-0.2, 0) is 23.8 Å². The van der Waals surface area contributed by atoms with E-state index in [0.717, 1.165) is 103 Å². The van der Waals surface area contributed by atoms with E-state index in [4.69, 9.17) is 14.2 Å². The van der Waals surface area contributed by atoms with Crippen molar-refractivity contribution in [2.45, 2.75) is 314 Å². The maximum Gasteiger partial charge on any atom is 0.306 e. The topological polar surface area (TPSA) is 175 Å². The summed E-state index contributed by atoms with van der Waals surface area (Å²) in [7, 11) is 0. The number of amides is 1. The first kappa shape index (κ1) is 72.9. The second kappa shape index (κ2) is 54.4. The van der Waals surface area contributed by atoms with Gasteiger partial charge in [-0.25, -0.2) is 0 Å². The first-order valence-electron chi connectivity index (χ1n) is 31.9. The lowest BCUT2D eigenvalue weighted by atomic mass is 9.99. The minimum Gasteiger partial charge on any atom is -0.454 e. The SMILES string of the molecule is CCCCC/C=C\C/C=C\C/C=C\C/C=C\CCCCCCC(O)C(=O)NC(COC1OC(CO)C(O)C(O)C1OC(=O)CCCCCCCCC/C=C\C/C=C\CCCCC)C(O)/C=C/CCCCCCCCCCCC. The summed E-state index contributed by atoms with van der Waals surface area (Å²) in [6.07, 6.45) is 60.4. The number of allylic oxidation sites excluding steroid dienone is 13. The molecule has 0 aliphatic carbocycles. The number of rotatable bonds is 53. The molecule has 450 valence electrons. The molecule has 11 nitrogen and oxygen atoms in total. The van der Waals surface area contributed by atoms with Crippen LogP contribution < -0.4 is 5.32 Å². The van der Waals surface area contributed by atoms with Gasteiger partial charge in [0.05, 0.1) is 25.4 Å². The van der Waals surface area contributed by atoms with E-state index in [9.17, 15) is 35.1 Å². The Bertz CT molecular complexity index is 1590. The van der Waals surface area contributed by atoms with Crippen LogP contribution in [0.2, 0.25) is 0 Å². The molecule has 1 rings (SSSR count). The minimum atomic E-state index is -1.62. The number of ether oxygens (including phenoxy) is 3. The first-order chi connectivity index (χ1) is 38.2. The molecule has 0 aromatic heterocycles. The van der Waals surface area contributed by atoms with E-state index in [-0.39, 0.29) is 19.4 Å². The predicted molar refractivity (Wildman–Crippen MR) is 324 cm³/mol. The molecule has 0 aromatic carbocycles. The minimum absolute atomic E-state index is 0.109. The smallest absolute Gasteiger partial charge is 0.306 e. The molecule has 0 bridgehead atoms. The van der Waals surface area contributed by atoms with E-state index < -0.39 is 67.4 Å². The van der Waals surface area contributed by atoms with Gasteiger partial charge in [0.25, 0.3) is 0 Å². The van der Waals surface area contributed by atoms with Crippen LogP contribution in [0.1, 0.15) is 265 Å². The number of aliphatic hydroxyl groups excluding tert-OH is 5. The van der Waals surface area contributed by atoms with Gasteiger partial charge >= 0.3 is 5.97 Å². The highest BCUT2D eigenvalue weighted by Gasteiger charge is 2.47. The summed E-state index contributed by atoms with van der Waals surface area (Å²) in [6, 6.07) is -1.04. The molecule has 6 N–H and O–H groups in total. The number of nitrogens with one attached hydrogen (secondary N) is 1. The average molecular weight is 1100 g/mol. The zero-order valence-corrected chi connectivity index (χ0v) is 49.8. The van der Waals surface area contributed by atoms with E-state index in [2.05, 4.69) is 99.0 Å². The summed E-state index contributed by atoms with van der Waals surface area (Å²) in [4.78, 5) is 26.6. The van der Waals surface area contributed by atoms with E-state index in [0.29, 0.717) is 12.8 Å². The standard InChI is InChI=1S/C67H117NO10/c1-4-7-10-13-16-19-22-25-27-29-30-31-33-34-36-39-42-45-48-51-54-60(71)66(75)68-58(59(70)53-50-47-44-41-38-24-21-18-15-12-9-6-3)57-76-67-65(64(74)63(73)61(56-69)77-67)78-62(72)55-52-49-46-43-40-37-35-32-28-26-23-20-17-14-11-8-5-2/h16-17,19-20,25-28,30-31,34,36,50,53,58-61,63-65,67,69-71,73-74H,4-15,18,21-24,29,32-33,35,37-49,51-52,54-57H2,1-3H3,(H,68,75)/b19-16-,20-17-,27-25-,28-26-,31-30-,36-34-,53-50+. The predicted octanol–water partition coefficient (Wildman–Crippen LogP) is 15.3. The third kappa shape index (κ3) is 41.8. The Hall–Kier alpha value is -3.16. The Labute approximate surface area is 476 Å². The third-order valence-corrected chi connectivity index (χ3v) is 14.5. The molecule has 0 saturated carbocycles. The van der Waals surface area contributed by atoms with Crippen molar-refractivity contribution in [3.8, 4) is 0 Å². The number of carbonyl (C=O) groups excluding carboxylic acids is 2. The number of carbonyl (C=O) groups is 2. The maximum absolute atomic E-state index is 13.4. The highest BCUT2D eigenvalue weighted by molar-refractivity contribution is 5.80. The highest BCUT2D eigenvalue weighted by atomic mass is 16.7. The fourth-order valence-corrected chi connectivity index (χ4v) is 9.43. The average Bonchev–Trinajstić information content (AvgIpc) is 3.44. The Balaban J connectivity index is 2.70. The monoisotopic (exact) mass is 1100 g/mol. The molecule has 1 aliphatic heterocycles. The van der Waals surface area contributed by atoms with Crippen LogP contribution in [0, 0.1) is 0 Å². The van der Waals surface area contributed by atoms with Crippen molar-refractivity contribution in [3.05, 3.63) is 85.1 Å². The molecule has 0 aromatic rings. The van der Waals surface area contributed by atoms with Gasteiger partial charge < -0.3 is 45.1 Å². The van der Waals surface area contributed by atoms with Crippen LogP contribution in [0.25, 0.3) is 0 Å². The maximum atomic E-state index is 13.4. The number of hydrogen-bond acceptors (Lipinski definition) is 10. The molecule has 1 heterocycles. The van der Waals surface area contributed by atoms with Crippen molar-refractivity contribution in [2.75, 3.05) is 13.2 Å². The molecule has 1 amide bonds. The van der Waals surface area contributed by atoms with Crippen molar-refractivity contribution in [1.29, 1.82) is 0 Å². The molecule has 0 spiro atoms. The van der Waals surface area contributed by atoms with E-state index in [1.54, 1.807) is 6.08 Å². The van der Waals surface area contributed by atoms with E-state index in [1.165, 1.54) is 116 Å². The summed E-state index contributed by atoms with van der Waals surface area (Å²) in [5.41, 5.74) is 0. The molecule has 11 heteroatoms. The van der Waals surface area contributed by atoms with Gasteiger partial charge in [-0.2, -0.15) is 0 Å². The van der Waals surface area contributed by atoms with Gasteiger partial charge in [0, 0.05) is 6.42 Å². The van der Waals surface area contributed by atoms with Gasteiger partial charge in [0.15, 0.2) is 12.4 Å². The van der Waals surface area contributed by atoms with E-state index >= 15 is 0 Å². The molecule has 1 saturated heterocycles.